The molecule has 0 saturated heterocycles. The molecule has 0 atom stereocenters. The number of halogens is 1. The molecule has 1 heterocycles. The molecule has 1 aromatic heterocycles. The quantitative estimate of drug-likeness (QED) is 0.637. The first kappa shape index (κ1) is 15.1. The van der Waals surface area contributed by atoms with Gasteiger partial charge < -0.3 is 10.1 Å². The van der Waals surface area contributed by atoms with Crippen molar-refractivity contribution >= 4 is 23.1 Å². The number of pyridine rings is 1. The second kappa shape index (κ2) is 6.90. The van der Waals surface area contributed by atoms with E-state index in [2.05, 4.69) is 10.3 Å². The fourth-order valence-corrected chi connectivity index (χ4v) is 1.74. The summed E-state index contributed by atoms with van der Waals surface area (Å²) in [6.07, 6.45) is 0.923. The molecule has 110 valence electrons. The SMILES string of the molecule is CCCNc1ccc([N+](=O)[O-])c(Oc2ccc(Cl)cc2)n1. The first-order chi connectivity index (χ1) is 10.1. The molecule has 21 heavy (non-hydrogen) atoms. The minimum absolute atomic E-state index is 0.0524. The molecule has 6 nitrogen and oxygen atoms in total. The normalized spacial score (nSPS) is 10.2. The summed E-state index contributed by atoms with van der Waals surface area (Å²) in [7, 11) is 0. The van der Waals surface area contributed by atoms with Crippen LogP contribution in [0, 0.1) is 10.1 Å². The summed E-state index contributed by atoms with van der Waals surface area (Å²) >= 11 is 5.79. The van der Waals surface area contributed by atoms with Crippen molar-refractivity contribution in [2.24, 2.45) is 0 Å². The van der Waals surface area contributed by atoms with Crippen molar-refractivity contribution in [3.05, 3.63) is 51.5 Å². The molecule has 7 heteroatoms. The number of nitro groups is 1. The summed E-state index contributed by atoms with van der Waals surface area (Å²) in [5.41, 5.74) is -0.188. The Hall–Kier alpha value is -2.34. The zero-order valence-electron chi connectivity index (χ0n) is 11.4. The van der Waals surface area contributed by atoms with Gasteiger partial charge in [-0.2, -0.15) is 4.98 Å². The van der Waals surface area contributed by atoms with E-state index in [1.807, 2.05) is 6.92 Å². The van der Waals surface area contributed by atoms with Crippen molar-refractivity contribution in [2.45, 2.75) is 13.3 Å². The molecule has 2 aromatic rings. The average molecular weight is 308 g/mol. The number of nitrogens with one attached hydrogen (secondary N) is 1. The van der Waals surface area contributed by atoms with Crippen LogP contribution in [0.1, 0.15) is 13.3 Å². The van der Waals surface area contributed by atoms with E-state index in [1.54, 1.807) is 30.3 Å². The Bertz CT molecular complexity index is 632. The topological polar surface area (TPSA) is 77.3 Å². The first-order valence-electron chi connectivity index (χ1n) is 6.43. The lowest BCUT2D eigenvalue weighted by Crippen LogP contribution is -2.04. The number of hydrogen-bond acceptors (Lipinski definition) is 5. The molecule has 0 aliphatic rings. The predicted molar refractivity (Wildman–Crippen MR) is 81.2 cm³/mol. The van der Waals surface area contributed by atoms with E-state index in [-0.39, 0.29) is 11.6 Å². The van der Waals surface area contributed by atoms with Gasteiger partial charge in [0, 0.05) is 17.6 Å². The van der Waals surface area contributed by atoms with Crippen molar-refractivity contribution in [1.82, 2.24) is 4.98 Å². The van der Waals surface area contributed by atoms with Crippen molar-refractivity contribution in [3.8, 4) is 11.6 Å². The van der Waals surface area contributed by atoms with Crippen LogP contribution in [0.5, 0.6) is 11.6 Å². The number of benzene rings is 1. The molecule has 0 radical (unpaired) electrons. The lowest BCUT2D eigenvalue weighted by atomic mass is 10.3. The smallest absolute Gasteiger partial charge is 0.331 e. The number of rotatable bonds is 6. The van der Waals surface area contributed by atoms with Crippen LogP contribution in [-0.2, 0) is 0 Å². The number of anilines is 1. The predicted octanol–water partition coefficient (Wildman–Crippen LogP) is 4.26. The van der Waals surface area contributed by atoms with Gasteiger partial charge in [-0.1, -0.05) is 18.5 Å². The van der Waals surface area contributed by atoms with E-state index in [9.17, 15) is 10.1 Å². The Kier molecular flexibility index (Phi) is 4.94. The van der Waals surface area contributed by atoms with Gasteiger partial charge in [-0.3, -0.25) is 10.1 Å². The number of hydrogen-bond donors (Lipinski definition) is 1. The maximum atomic E-state index is 11.0. The minimum atomic E-state index is -0.526. The van der Waals surface area contributed by atoms with E-state index in [1.165, 1.54) is 6.07 Å². The molecule has 0 saturated carbocycles. The number of nitrogens with zero attached hydrogens (tertiary/aromatic N) is 2. The summed E-state index contributed by atoms with van der Waals surface area (Å²) in [6.45, 7) is 2.74. The Balaban J connectivity index is 2.29. The maximum Gasteiger partial charge on any atom is 0.331 e. The van der Waals surface area contributed by atoms with Gasteiger partial charge >= 0.3 is 11.6 Å². The van der Waals surface area contributed by atoms with Gasteiger partial charge in [-0.05, 0) is 36.8 Å². The van der Waals surface area contributed by atoms with Crippen LogP contribution in [0.15, 0.2) is 36.4 Å². The minimum Gasteiger partial charge on any atom is -0.434 e. The van der Waals surface area contributed by atoms with Gasteiger partial charge in [0.25, 0.3) is 0 Å². The van der Waals surface area contributed by atoms with Crippen LogP contribution in [0.25, 0.3) is 0 Å². The third kappa shape index (κ3) is 4.06. The highest BCUT2D eigenvalue weighted by Crippen LogP contribution is 2.31. The molecule has 2 rings (SSSR count). The summed E-state index contributed by atoms with van der Waals surface area (Å²) in [4.78, 5) is 14.7. The maximum absolute atomic E-state index is 11.0. The van der Waals surface area contributed by atoms with E-state index in [0.717, 1.165) is 13.0 Å². The fourth-order valence-electron chi connectivity index (χ4n) is 1.61. The second-order valence-electron chi connectivity index (χ2n) is 4.26. The molecule has 1 N–H and O–H groups in total. The Morgan fingerprint density at radius 1 is 1.29 bits per heavy atom. The fraction of sp³-hybridized carbons (Fsp3) is 0.214. The Labute approximate surface area is 126 Å². The largest absolute Gasteiger partial charge is 0.434 e. The summed E-state index contributed by atoms with van der Waals surface area (Å²) < 4.78 is 5.50. The van der Waals surface area contributed by atoms with Crippen LogP contribution in [0.2, 0.25) is 5.02 Å². The zero-order chi connectivity index (χ0) is 15.2. The molecule has 0 fully saturated rings. The van der Waals surface area contributed by atoms with Gasteiger partial charge in [0.2, 0.25) is 0 Å². The summed E-state index contributed by atoms with van der Waals surface area (Å²) in [6, 6.07) is 9.46. The van der Waals surface area contributed by atoms with Gasteiger partial charge in [-0.15, -0.1) is 0 Å². The molecule has 1 aromatic carbocycles. The molecule has 0 aliphatic carbocycles. The molecule has 0 aliphatic heterocycles. The van der Waals surface area contributed by atoms with Gasteiger partial charge in [0.1, 0.15) is 11.6 Å². The highest BCUT2D eigenvalue weighted by Gasteiger charge is 2.18. The molecule has 0 spiro atoms. The molecule has 0 bridgehead atoms. The van der Waals surface area contributed by atoms with E-state index in [4.69, 9.17) is 16.3 Å². The average Bonchev–Trinajstić information content (AvgIpc) is 2.47. The Morgan fingerprint density at radius 2 is 2.00 bits per heavy atom. The van der Waals surface area contributed by atoms with Crippen LogP contribution in [0.4, 0.5) is 11.5 Å². The van der Waals surface area contributed by atoms with E-state index in [0.29, 0.717) is 16.6 Å². The lowest BCUT2D eigenvalue weighted by Gasteiger charge is -2.08. The van der Waals surface area contributed by atoms with Gasteiger partial charge in [0.15, 0.2) is 0 Å². The second-order valence-corrected chi connectivity index (χ2v) is 4.70. The van der Waals surface area contributed by atoms with Crippen LogP contribution in [-0.4, -0.2) is 16.5 Å². The molecule has 0 unspecified atom stereocenters. The van der Waals surface area contributed by atoms with Crippen molar-refractivity contribution < 1.29 is 9.66 Å². The lowest BCUT2D eigenvalue weighted by molar-refractivity contribution is -0.386. The highest BCUT2D eigenvalue weighted by atomic mass is 35.5. The Morgan fingerprint density at radius 3 is 2.62 bits per heavy atom. The summed E-state index contributed by atoms with van der Waals surface area (Å²) in [5.74, 6) is 0.914. The third-order valence-corrected chi connectivity index (χ3v) is 2.87. The number of ether oxygens (including phenoxy) is 1. The standard InChI is InChI=1S/C14H14ClN3O3/c1-2-9-16-13-8-7-12(18(19)20)14(17-13)21-11-5-3-10(15)4-6-11/h3-8H,2,9H2,1H3,(H,16,17). The molecular weight excluding hydrogens is 294 g/mol. The van der Waals surface area contributed by atoms with Crippen LogP contribution in [0.3, 0.4) is 0 Å². The monoisotopic (exact) mass is 307 g/mol. The van der Waals surface area contributed by atoms with Crippen molar-refractivity contribution in [2.75, 3.05) is 11.9 Å². The highest BCUT2D eigenvalue weighted by molar-refractivity contribution is 6.30. The first-order valence-corrected chi connectivity index (χ1v) is 6.80. The number of aromatic nitrogens is 1. The third-order valence-electron chi connectivity index (χ3n) is 2.62. The zero-order valence-corrected chi connectivity index (χ0v) is 12.1. The van der Waals surface area contributed by atoms with Gasteiger partial charge in [0.05, 0.1) is 4.92 Å². The van der Waals surface area contributed by atoms with Crippen molar-refractivity contribution in [1.29, 1.82) is 0 Å². The van der Waals surface area contributed by atoms with Crippen LogP contribution >= 0.6 is 11.6 Å². The van der Waals surface area contributed by atoms with E-state index < -0.39 is 4.92 Å². The van der Waals surface area contributed by atoms with Crippen LogP contribution < -0.4 is 10.1 Å². The van der Waals surface area contributed by atoms with E-state index >= 15 is 0 Å². The van der Waals surface area contributed by atoms with Crippen molar-refractivity contribution in [3.63, 3.8) is 0 Å². The molecule has 0 amide bonds. The van der Waals surface area contributed by atoms with Gasteiger partial charge in [-0.25, -0.2) is 0 Å². The summed E-state index contributed by atoms with van der Waals surface area (Å²) in [5, 5.41) is 14.7. The molecular formula is C14H14ClN3O3.